The molecule has 5 rings (SSSR count). The van der Waals surface area contributed by atoms with Crippen molar-refractivity contribution in [1.29, 1.82) is 0 Å². The van der Waals surface area contributed by atoms with E-state index in [1.807, 2.05) is 54.6 Å². The molecule has 0 radical (unpaired) electrons. The van der Waals surface area contributed by atoms with E-state index in [1.54, 1.807) is 38.4 Å². The van der Waals surface area contributed by atoms with Gasteiger partial charge in [0.2, 0.25) is 0 Å². The first-order chi connectivity index (χ1) is 18.3. The SMILES string of the molecule is CC(C)[C@@H](C(=O)O)N1Cc2ccc(-c3ccc(NC(=O)c4ccc(-c5cncnc5)cc4)cc3)cc2C1=O. The largest absolute Gasteiger partial charge is 0.480 e. The third-order valence-electron chi connectivity index (χ3n) is 6.68. The van der Waals surface area contributed by atoms with Crippen molar-refractivity contribution in [2.45, 2.75) is 26.4 Å². The number of aliphatic carboxylic acids is 1. The molecule has 8 heteroatoms. The predicted octanol–water partition coefficient (Wildman–Crippen LogP) is 5.13. The summed E-state index contributed by atoms with van der Waals surface area (Å²) in [4.78, 5) is 47.0. The molecule has 8 nitrogen and oxygen atoms in total. The number of benzene rings is 3. The summed E-state index contributed by atoms with van der Waals surface area (Å²) in [5.74, 6) is -1.70. The Labute approximate surface area is 220 Å². The molecule has 0 spiro atoms. The molecule has 0 unspecified atom stereocenters. The van der Waals surface area contributed by atoms with Crippen LogP contribution in [0.25, 0.3) is 22.3 Å². The number of aromatic nitrogens is 2. The van der Waals surface area contributed by atoms with E-state index in [1.165, 1.54) is 11.2 Å². The fraction of sp³-hybridized carbons (Fsp3) is 0.167. The molecule has 0 fully saturated rings. The quantitative estimate of drug-likeness (QED) is 0.359. The lowest BCUT2D eigenvalue weighted by atomic mass is 10.00. The minimum absolute atomic E-state index is 0.204. The highest BCUT2D eigenvalue weighted by molar-refractivity contribution is 6.05. The molecule has 1 aliphatic heterocycles. The van der Waals surface area contributed by atoms with E-state index in [-0.39, 0.29) is 24.3 Å². The molecule has 0 bridgehead atoms. The first-order valence-electron chi connectivity index (χ1n) is 12.3. The molecule has 1 atom stereocenters. The van der Waals surface area contributed by atoms with Crippen LogP contribution in [0.5, 0.6) is 0 Å². The highest BCUT2D eigenvalue weighted by Gasteiger charge is 2.38. The fourth-order valence-corrected chi connectivity index (χ4v) is 4.72. The Kier molecular flexibility index (Phi) is 6.70. The Morgan fingerprint density at radius 2 is 1.47 bits per heavy atom. The number of carboxylic acid groups (broad SMARTS) is 1. The first kappa shape index (κ1) is 24.8. The van der Waals surface area contributed by atoms with Crippen LogP contribution in [0.15, 0.2) is 85.5 Å². The van der Waals surface area contributed by atoms with E-state index in [9.17, 15) is 19.5 Å². The van der Waals surface area contributed by atoms with Gasteiger partial charge in [0.15, 0.2) is 0 Å². The number of fused-ring (bicyclic) bond motifs is 1. The van der Waals surface area contributed by atoms with Crippen molar-refractivity contribution in [3.8, 4) is 22.3 Å². The number of rotatable bonds is 7. The van der Waals surface area contributed by atoms with Gasteiger partial charge in [-0.15, -0.1) is 0 Å². The molecule has 38 heavy (non-hydrogen) atoms. The Morgan fingerprint density at radius 1 is 0.868 bits per heavy atom. The van der Waals surface area contributed by atoms with Gasteiger partial charge in [-0.3, -0.25) is 9.59 Å². The van der Waals surface area contributed by atoms with Crippen molar-refractivity contribution in [2.75, 3.05) is 5.32 Å². The average Bonchev–Trinajstić information content (AvgIpc) is 3.24. The summed E-state index contributed by atoms with van der Waals surface area (Å²) >= 11 is 0. The summed E-state index contributed by atoms with van der Waals surface area (Å²) < 4.78 is 0. The summed E-state index contributed by atoms with van der Waals surface area (Å²) in [6.07, 6.45) is 4.90. The van der Waals surface area contributed by atoms with Crippen molar-refractivity contribution < 1.29 is 19.5 Å². The maximum atomic E-state index is 13.1. The molecule has 2 heterocycles. The molecule has 4 aromatic rings. The molecule has 0 saturated carbocycles. The van der Waals surface area contributed by atoms with Crippen LogP contribution >= 0.6 is 0 Å². The monoisotopic (exact) mass is 506 g/mol. The zero-order valence-corrected chi connectivity index (χ0v) is 21.0. The van der Waals surface area contributed by atoms with E-state index >= 15 is 0 Å². The number of hydrogen-bond donors (Lipinski definition) is 2. The van der Waals surface area contributed by atoms with Crippen LogP contribution in [0.3, 0.4) is 0 Å². The molecule has 0 aliphatic carbocycles. The average molecular weight is 507 g/mol. The number of carbonyl (C=O) groups excluding carboxylic acids is 2. The molecule has 190 valence electrons. The first-order valence-corrected chi connectivity index (χ1v) is 12.3. The van der Waals surface area contributed by atoms with Crippen molar-refractivity contribution in [3.63, 3.8) is 0 Å². The van der Waals surface area contributed by atoms with Gasteiger partial charge in [-0.05, 0) is 58.5 Å². The van der Waals surface area contributed by atoms with Crippen molar-refractivity contribution in [2.24, 2.45) is 5.92 Å². The van der Waals surface area contributed by atoms with Gasteiger partial charge in [0.25, 0.3) is 11.8 Å². The number of carbonyl (C=O) groups is 3. The maximum Gasteiger partial charge on any atom is 0.326 e. The standard InChI is InChI=1S/C30H26N4O4/c1-18(2)27(30(37)38)34-16-23-8-7-22(13-26(23)29(34)36)19-9-11-25(12-10-19)33-28(35)21-5-3-20(4-6-21)24-14-31-17-32-15-24/h3-15,17-18,27H,16H2,1-2H3,(H,33,35)(H,37,38)/t27-/m0/s1. The Balaban J connectivity index is 1.28. The summed E-state index contributed by atoms with van der Waals surface area (Å²) in [6.45, 7) is 3.89. The molecule has 1 aromatic heterocycles. The van der Waals surface area contributed by atoms with Gasteiger partial charge in [-0.2, -0.15) is 0 Å². The third-order valence-corrected chi connectivity index (χ3v) is 6.68. The van der Waals surface area contributed by atoms with E-state index in [2.05, 4.69) is 15.3 Å². The molecule has 3 aromatic carbocycles. The zero-order valence-electron chi connectivity index (χ0n) is 21.0. The van der Waals surface area contributed by atoms with Crippen LogP contribution in [0.4, 0.5) is 5.69 Å². The minimum Gasteiger partial charge on any atom is -0.480 e. The van der Waals surface area contributed by atoms with Gasteiger partial charge < -0.3 is 15.3 Å². The van der Waals surface area contributed by atoms with Crippen LogP contribution < -0.4 is 5.32 Å². The summed E-state index contributed by atoms with van der Waals surface area (Å²) in [5, 5.41) is 12.5. The van der Waals surface area contributed by atoms with Gasteiger partial charge in [-0.25, -0.2) is 14.8 Å². The smallest absolute Gasteiger partial charge is 0.326 e. The lowest BCUT2D eigenvalue weighted by Crippen LogP contribution is -2.44. The number of amides is 2. The predicted molar refractivity (Wildman–Crippen MR) is 143 cm³/mol. The number of anilines is 1. The zero-order chi connectivity index (χ0) is 26.8. The highest BCUT2D eigenvalue weighted by Crippen LogP contribution is 2.31. The lowest BCUT2D eigenvalue weighted by Gasteiger charge is -2.27. The van der Waals surface area contributed by atoms with Crippen LogP contribution in [-0.4, -0.2) is 43.8 Å². The summed E-state index contributed by atoms with van der Waals surface area (Å²) in [7, 11) is 0. The Bertz CT molecular complexity index is 1500. The molecular weight excluding hydrogens is 480 g/mol. The second kappa shape index (κ2) is 10.3. The molecule has 2 amide bonds. The topological polar surface area (TPSA) is 112 Å². The number of nitrogens with zero attached hydrogens (tertiary/aromatic N) is 3. The molecule has 0 saturated heterocycles. The van der Waals surface area contributed by atoms with Crippen molar-refractivity contribution in [3.05, 3.63) is 102 Å². The van der Waals surface area contributed by atoms with Crippen molar-refractivity contribution in [1.82, 2.24) is 14.9 Å². The maximum absolute atomic E-state index is 13.1. The van der Waals surface area contributed by atoms with E-state index in [0.717, 1.165) is 27.8 Å². The van der Waals surface area contributed by atoms with E-state index in [0.29, 0.717) is 16.8 Å². The summed E-state index contributed by atoms with van der Waals surface area (Å²) in [6, 6.07) is 19.3. The fourth-order valence-electron chi connectivity index (χ4n) is 4.72. The number of nitrogens with one attached hydrogen (secondary N) is 1. The van der Waals surface area contributed by atoms with Gasteiger partial charge in [0.05, 0.1) is 0 Å². The van der Waals surface area contributed by atoms with E-state index in [4.69, 9.17) is 0 Å². The van der Waals surface area contributed by atoms with Crippen LogP contribution in [0, 0.1) is 5.92 Å². The van der Waals surface area contributed by atoms with Gasteiger partial charge in [0.1, 0.15) is 12.4 Å². The second-order valence-corrected chi connectivity index (χ2v) is 9.57. The van der Waals surface area contributed by atoms with Crippen LogP contribution in [0.1, 0.15) is 40.1 Å². The highest BCUT2D eigenvalue weighted by atomic mass is 16.4. The Morgan fingerprint density at radius 3 is 2.11 bits per heavy atom. The molecular formula is C30H26N4O4. The van der Waals surface area contributed by atoms with Crippen LogP contribution in [-0.2, 0) is 11.3 Å². The third kappa shape index (κ3) is 4.88. The van der Waals surface area contributed by atoms with Crippen molar-refractivity contribution >= 4 is 23.5 Å². The minimum atomic E-state index is -0.999. The number of carboxylic acids is 1. The number of hydrogen-bond acceptors (Lipinski definition) is 5. The van der Waals surface area contributed by atoms with Gasteiger partial charge in [0, 0.05) is 41.3 Å². The summed E-state index contributed by atoms with van der Waals surface area (Å²) in [5.41, 5.74) is 6.03. The van der Waals surface area contributed by atoms with E-state index < -0.39 is 12.0 Å². The lowest BCUT2D eigenvalue weighted by molar-refractivity contribution is -0.144. The molecule has 2 N–H and O–H groups in total. The van der Waals surface area contributed by atoms with Gasteiger partial charge >= 0.3 is 5.97 Å². The van der Waals surface area contributed by atoms with Crippen LogP contribution in [0.2, 0.25) is 0 Å². The molecule has 1 aliphatic rings. The van der Waals surface area contributed by atoms with Gasteiger partial charge in [-0.1, -0.05) is 50.2 Å². The Hall–Kier alpha value is -4.85. The normalized spacial score (nSPS) is 13.3. The second-order valence-electron chi connectivity index (χ2n) is 9.57.